The van der Waals surface area contributed by atoms with Crippen LogP contribution < -0.4 is 10.0 Å². The molecule has 1 aliphatic carbocycles. The highest BCUT2D eigenvalue weighted by molar-refractivity contribution is 7.89. The molecule has 2 N–H and O–H groups in total. The molecule has 0 atom stereocenters. The third-order valence-corrected chi connectivity index (χ3v) is 4.94. The van der Waals surface area contributed by atoms with Gasteiger partial charge in [-0.1, -0.05) is 18.9 Å². The summed E-state index contributed by atoms with van der Waals surface area (Å²) in [6, 6.07) is 6.16. The largest absolute Gasteiger partial charge is 0.352 e. The second-order valence-corrected chi connectivity index (χ2v) is 6.70. The van der Waals surface area contributed by atoms with E-state index in [0.717, 1.165) is 25.7 Å². The number of nitrogens with one attached hydrogen (secondary N) is 2. The van der Waals surface area contributed by atoms with Gasteiger partial charge in [-0.15, -0.1) is 0 Å². The summed E-state index contributed by atoms with van der Waals surface area (Å²) in [7, 11) is -3.54. The van der Waals surface area contributed by atoms with Crippen LogP contribution in [0.2, 0.25) is 0 Å². The summed E-state index contributed by atoms with van der Waals surface area (Å²) < 4.78 is 27.3. The highest BCUT2D eigenvalue weighted by Crippen LogP contribution is 2.20. The molecule has 0 aromatic heterocycles. The third kappa shape index (κ3) is 3.58. The molecule has 110 valence electrons. The van der Waals surface area contributed by atoms with Gasteiger partial charge < -0.3 is 5.32 Å². The number of carbonyl (C=O) groups is 1. The first-order valence-electron chi connectivity index (χ1n) is 6.93. The van der Waals surface area contributed by atoms with Crippen LogP contribution in [-0.4, -0.2) is 26.9 Å². The van der Waals surface area contributed by atoms with Gasteiger partial charge in [0, 0.05) is 18.2 Å². The number of carbonyl (C=O) groups excluding carboxylic acids is 1. The standard InChI is InChI=1S/C14H20N2O3S/c1-2-15-14(17)11-6-5-9-13(10-11)20(18,19)16-12-7-3-4-8-12/h5-6,9-10,12,16H,2-4,7-8H2,1H3,(H,15,17). The number of benzene rings is 1. The third-order valence-electron chi connectivity index (χ3n) is 3.42. The van der Waals surface area contributed by atoms with E-state index in [0.29, 0.717) is 12.1 Å². The van der Waals surface area contributed by atoms with Crippen LogP contribution in [0.1, 0.15) is 43.0 Å². The molecular formula is C14H20N2O3S. The van der Waals surface area contributed by atoms with E-state index in [-0.39, 0.29) is 16.8 Å². The van der Waals surface area contributed by atoms with Crippen LogP contribution in [-0.2, 0) is 10.0 Å². The predicted octanol–water partition coefficient (Wildman–Crippen LogP) is 1.66. The Hall–Kier alpha value is -1.40. The molecular weight excluding hydrogens is 276 g/mol. The Morgan fingerprint density at radius 3 is 2.65 bits per heavy atom. The molecule has 1 aliphatic rings. The molecule has 1 aromatic rings. The fourth-order valence-electron chi connectivity index (χ4n) is 2.40. The second kappa shape index (κ2) is 6.37. The zero-order valence-electron chi connectivity index (χ0n) is 11.6. The van der Waals surface area contributed by atoms with Crippen molar-refractivity contribution < 1.29 is 13.2 Å². The van der Waals surface area contributed by atoms with E-state index in [2.05, 4.69) is 10.0 Å². The van der Waals surface area contributed by atoms with Crippen LogP contribution in [0.5, 0.6) is 0 Å². The first-order chi connectivity index (χ1) is 9.53. The number of amides is 1. The summed E-state index contributed by atoms with van der Waals surface area (Å²) in [6.45, 7) is 2.33. The number of sulfonamides is 1. The van der Waals surface area contributed by atoms with Gasteiger partial charge in [0.15, 0.2) is 0 Å². The Bertz CT molecular complexity index is 578. The molecule has 1 aromatic carbocycles. The van der Waals surface area contributed by atoms with E-state index in [4.69, 9.17) is 0 Å². The Kier molecular flexibility index (Phi) is 4.77. The zero-order valence-corrected chi connectivity index (χ0v) is 12.4. The van der Waals surface area contributed by atoms with Crippen molar-refractivity contribution in [1.82, 2.24) is 10.0 Å². The highest BCUT2D eigenvalue weighted by Gasteiger charge is 2.23. The van der Waals surface area contributed by atoms with Gasteiger partial charge in [-0.2, -0.15) is 0 Å². The van der Waals surface area contributed by atoms with Gasteiger partial charge in [-0.3, -0.25) is 4.79 Å². The van der Waals surface area contributed by atoms with Crippen LogP contribution >= 0.6 is 0 Å². The van der Waals surface area contributed by atoms with Crippen molar-refractivity contribution in [3.63, 3.8) is 0 Å². The van der Waals surface area contributed by atoms with Crippen LogP contribution in [0.3, 0.4) is 0 Å². The summed E-state index contributed by atoms with van der Waals surface area (Å²) in [4.78, 5) is 11.9. The molecule has 0 saturated heterocycles. The first-order valence-corrected chi connectivity index (χ1v) is 8.42. The minimum atomic E-state index is -3.54. The SMILES string of the molecule is CCNC(=O)c1cccc(S(=O)(=O)NC2CCCC2)c1. The van der Waals surface area contributed by atoms with Crippen LogP contribution in [0.25, 0.3) is 0 Å². The molecule has 1 fully saturated rings. The molecule has 6 heteroatoms. The Labute approximate surface area is 119 Å². The van der Waals surface area contributed by atoms with Gasteiger partial charge in [0.1, 0.15) is 0 Å². The van der Waals surface area contributed by atoms with Crippen molar-refractivity contribution >= 4 is 15.9 Å². The smallest absolute Gasteiger partial charge is 0.251 e. The van der Waals surface area contributed by atoms with E-state index in [9.17, 15) is 13.2 Å². The van der Waals surface area contributed by atoms with Crippen molar-refractivity contribution in [3.8, 4) is 0 Å². The fourth-order valence-corrected chi connectivity index (χ4v) is 3.75. The van der Waals surface area contributed by atoms with Crippen molar-refractivity contribution in [3.05, 3.63) is 29.8 Å². The lowest BCUT2D eigenvalue weighted by Crippen LogP contribution is -2.32. The predicted molar refractivity (Wildman–Crippen MR) is 77.0 cm³/mol. The molecule has 0 heterocycles. The topological polar surface area (TPSA) is 75.3 Å². The average molecular weight is 296 g/mol. The lowest BCUT2D eigenvalue weighted by atomic mass is 10.2. The molecule has 0 aliphatic heterocycles. The second-order valence-electron chi connectivity index (χ2n) is 4.99. The maximum Gasteiger partial charge on any atom is 0.251 e. The lowest BCUT2D eigenvalue weighted by molar-refractivity contribution is 0.0955. The van der Waals surface area contributed by atoms with Gasteiger partial charge in [0.25, 0.3) is 5.91 Å². The lowest BCUT2D eigenvalue weighted by Gasteiger charge is -2.13. The molecule has 2 rings (SSSR count). The van der Waals surface area contributed by atoms with Crippen molar-refractivity contribution in [2.75, 3.05) is 6.54 Å². The number of hydrogen-bond acceptors (Lipinski definition) is 3. The normalized spacial score (nSPS) is 16.2. The maximum atomic E-state index is 12.3. The van der Waals surface area contributed by atoms with Gasteiger partial charge in [-0.25, -0.2) is 13.1 Å². The zero-order chi connectivity index (χ0) is 14.6. The van der Waals surface area contributed by atoms with E-state index in [1.165, 1.54) is 12.1 Å². The molecule has 1 amide bonds. The molecule has 0 unspecified atom stereocenters. The first kappa shape index (κ1) is 15.0. The molecule has 0 radical (unpaired) electrons. The Morgan fingerprint density at radius 1 is 1.30 bits per heavy atom. The Balaban J connectivity index is 2.18. The molecule has 5 nitrogen and oxygen atoms in total. The Morgan fingerprint density at radius 2 is 2.00 bits per heavy atom. The number of rotatable bonds is 5. The van der Waals surface area contributed by atoms with Crippen molar-refractivity contribution in [2.45, 2.75) is 43.5 Å². The highest BCUT2D eigenvalue weighted by atomic mass is 32.2. The van der Waals surface area contributed by atoms with Gasteiger partial charge in [0.2, 0.25) is 10.0 Å². The fraction of sp³-hybridized carbons (Fsp3) is 0.500. The van der Waals surface area contributed by atoms with Gasteiger partial charge in [-0.05, 0) is 38.0 Å². The minimum Gasteiger partial charge on any atom is -0.352 e. The van der Waals surface area contributed by atoms with Gasteiger partial charge >= 0.3 is 0 Å². The molecule has 20 heavy (non-hydrogen) atoms. The van der Waals surface area contributed by atoms with E-state index >= 15 is 0 Å². The summed E-state index contributed by atoms with van der Waals surface area (Å²) in [6.07, 6.45) is 3.89. The summed E-state index contributed by atoms with van der Waals surface area (Å²) >= 11 is 0. The summed E-state index contributed by atoms with van der Waals surface area (Å²) in [5, 5.41) is 2.66. The van der Waals surface area contributed by atoms with Crippen LogP contribution in [0.15, 0.2) is 29.2 Å². The van der Waals surface area contributed by atoms with E-state index < -0.39 is 10.0 Å². The van der Waals surface area contributed by atoms with Crippen molar-refractivity contribution in [2.24, 2.45) is 0 Å². The molecule has 0 bridgehead atoms. The summed E-state index contributed by atoms with van der Waals surface area (Å²) in [5.41, 5.74) is 0.362. The number of hydrogen-bond donors (Lipinski definition) is 2. The summed E-state index contributed by atoms with van der Waals surface area (Å²) in [5.74, 6) is -0.259. The van der Waals surface area contributed by atoms with Crippen molar-refractivity contribution in [1.29, 1.82) is 0 Å². The maximum absolute atomic E-state index is 12.3. The average Bonchev–Trinajstić information content (AvgIpc) is 2.91. The van der Waals surface area contributed by atoms with E-state index in [1.54, 1.807) is 12.1 Å². The van der Waals surface area contributed by atoms with Crippen LogP contribution in [0.4, 0.5) is 0 Å². The van der Waals surface area contributed by atoms with Gasteiger partial charge in [0.05, 0.1) is 4.90 Å². The minimum absolute atomic E-state index is 0.0214. The van der Waals surface area contributed by atoms with Crippen LogP contribution in [0, 0.1) is 0 Å². The molecule has 0 spiro atoms. The molecule has 1 saturated carbocycles. The van der Waals surface area contributed by atoms with E-state index in [1.807, 2.05) is 6.92 Å². The quantitative estimate of drug-likeness (QED) is 0.867. The monoisotopic (exact) mass is 296 g/mol.